The molecule has 1 saturated carbocycles. The minimum atomic E-state index is -0.220. The van der Waals surface area contributed by atoms with E-state index in [1.807, 2.05) is 30.3 Å². The number of piperidine rings is 1. The lowest BCUT2D eigenvalue weighted by Gasteiger charge is -2.38. The first-order chi connectivity index (χ1) is 10.2. The van der Waals surface area contributed by atoms with Crippen LogP contribution in [0.5, 0.6) is 0 Å². The van der Waals surface area contributed by atoms with Crippen molar-refractivity contribution in [2.45, 2.75) is 32.3 Å². The van der Waals surface area contributed by atoms with E-state index in [9.17, 15) is 9.59 Å². The summed E-state index contributed by atoms with van der Waals surface area (Å²) in [7, 11) is 0. The molecule has 0 aromatic heterocycles. The van der Waals surface area contributed by atoms with Crippen molar-refractivity contribution in [3.05, 3.63) is 35.9 Å². The van der Waals surface area contributed by atoms with Gasteiger partial charge in [-0.3, -0.25) is 4.79 Å². The lowest BCUT2D eigenvalue weighted by Crippen LogP contribution is -2.42. The van der Waals surface area contributed by atoms with Crippen molar-refractivity contribution < 1.29 is 14.3 Å². The first-order valence-electron chi connectivity index (χ1n) is 7.69. The van der Waals surface area contributed by atoms with Gasteiger partial charge in [0.25, 0.3) is 0 Å². The molecule has 1 aromatic rings. The van der Waals surface area contributed by atoms with Crippen molar-refractivity contribution in [3.63, 3.8) is 0 Å². The van der Waals surface area contributed by atoms with Crippen LogP contribution < -0.4 is 0 Å². The van der Waals surface area contributed by atoms with Gasteiger partial charge >= 0.3 is 6.09 Å². The third-order valence-electron chi connectivity index (χ3n) is 4.65. The Morgan fingerprint density at radius 1 is 1.10 bits per heavy atom. The number of ketones is 1. The zero-order valence-electron chi connectivity index (χ0n) is 12.2. The fourth-order valence-corrected chi connectivity index (χ4v) is 3.22. The number of benzene rings is 1. The summed E-state index contributed by atoms with van der Waals surface area (Å²) >= 11 is 0. The van der Waals surface area contributed by atoms with Crippen molar-refractivity contribution in [2.75, 3.05) is 13.1 Å². The van der Waals surface area contributed by atoms with E-state index in [1.54, 1.807) is 4.90 Å². The molecule has 1 saturated heterocycles. The minimum absolute atomic E-state index is 0.220. The molecule has 0 bridgehead atoms. The molecule has 2 fully saturated rings. The first kappa shape index (κ1) is 14.1. The highest BCUT2D eigenvalue weighted by atomic mass is 16.6. The maximum Gasteiger partial charge on any atom is 0.410 e. The van der Waals surface area contributed by atoms with Crippen LogP contribution in [-0.2, 0) is 16.1 Å². The average Bonchev–Trinajstić information content (AvgIpc) is 2.51. The third-order valence-corrected chi connectivity index (χ3v) is 4.65. The number of rotatable bonds is 3. The van der Waals surface area contributed by atoms with Crippen LogP contribution >= 0.6 is 0 Å². The molecule has 4 heteroatoms. The second-order valence-corrected chi connectivity index (χ2v) is 6.07. The molecule has 0 atom stereocenters. The Balaban J connectivity index is 1.41. The van der Waals surface area contributed by atoms with E-state index >= 15 is 0 Å². The van der Waals surface area contributed by atoms with Gasteiger partial charge in [-0.15, -0.1) is 0 Å². The number of likely N-dealkylation sites (tertiary alicyclic amines) is 1. The van der Waals surface area contributed by atoms with Crippen molar-refractivity contribution in [2.24, 2.45) is 11.8 Å². The fraction of sp³-hybridized carbons (Fsp3) is 0.529. The summed E-state index contributed by atoms with van der Waals surface area (Å²) in [6.07, 6.45) is 3.28. The van der Waals surface area contributed by atoms with Crippen LogP contribution in [-0.4, -0.2) is 29.9 Å². The number of hydrogen-bond donors (Lipinski definition) is 0. The van der Waals surface area contributed by atoms with E-state index in [0.29, 0.717) is 24.2 Å². The fourth-order valence-electron chi connectivity index (χ4n) is 3.22. The van der Waals surface area contributed by atoms with Gasteiger partial charge in [-0.2, -0.15) is 0 Å². The van der Waals surface area contributed by atoms with Crippen molar-refractivity contribution in [3.8, 4) is 0 Å². The van der Waals surface area contributed by atoms with Crippen molar-refractivity contribution in [1.82, 2.24) is 4.90 Å². The van der Waals surface area contributed by atoms with Crippen LogP contribution in [0.4, 0.5) is 4.79 Å². The van der Waals surface area contributed by atoms with Gasteiger partial charge in [0.15, 0.2) is 0 Å². The Morgan fingerprint density at radius 2 is 1.76 bits per heavy atom. The summed E-state index contributed by atoms with van der Waals surface area (Å²) < 4.78 is 5.35. The summed E-state index contributed by atoms with van der Waals surface area (Å²) in [4.78, 5) is 24.9. The number of Topliss-reactive ketones (excluding diaryl/α,β-unsaturated/α-hetero) is 1. The van der Waals surface area contributed by atoms with Gasteiger partial charge in [-0.25, -0.2) is 4.79 Å². The summed E-state index contributed by atoms with van der Waals surface area (Å²) in [5.41, 5.74) is 1.01. The summed E-state index contributed by atoms with van der Waals surface area (Å²) in [5, 5.41) is 0. The van der Waals surface area contributed by atoms with Crippen LogP contribution in [0.25, 0.3) is 0 Å². The molecular formula is C17H21NO3. The van der Waals surface area contributed by atoms with Crippen LogP contribution in [0, 0.1) is 11.8 Å². The molecule has 0 unspecified atom stereocenters. The predicted octanol–water partition coefficient (Wildman–Crippen LogP) is 3.01. The van der Waals surface area contributed by atoms with E-state index in [0.717, 1.165) is 44.3 Å². The molecular weight excluding hydrogens is 266 g/mol. The molecule has 1 heterocycles. The highest BCUT2D eigenvalue weighted by molar-refractivity contribution is 5.84. The Bertz CT molecular complexity index is 498. The molecule has 112 valence electrons. The lowest BCUT2D eigenvalue weighted by molar-refractivity contribution is -0.129. The molecule has 1 aliphatic heterocycles. The topological polar surface area (TPSA) is 46.6 Å². The van der Waals surface area contributed by atoms with E-state index in [-0.39, 0.29) is 6.09 Å². The second-order valence-electron chi connectivity index (χ2n) is 6.07. The highest BCUT2D eigenvalue weighted by Gasteiger charge is 2.36. The smallest absolute Gasteiger partial charge is 0.410 e. The molecule has 1 aromatic carbocycles. The monoisotopic (exact) mass is 287 g/mol. The maximum absolute atomic E-state index is 12.0. The molecule has 2 aliphatic rings. The predicted molar refractivity (Wildman–Crippen MR) is 78.7 cm³/mol. The Kier molecular flexibility index (Phi) is 4.23. The van der Waals surface area contributed by atoms with Gasteiger partial charge < -0.3 is 9.64 Å². The lowest BCUT2D eigenvalue weighted by atomic mass is 9.71. The molecule has 1 amide bonds. The molecule has 21 heavy (non-hydrogen) atoms. The van der Waals surface area contributed by atoms with Crippen LogP contribution in [0.3, 0.4) is 0 Å². The molecule has 0 radical (unpaired) electrons. The molecule has 1 aliphatic carbocycles. The van der Waals surface area contributed by atoms with Crippen LogP contribution in [0.2, 0.25) is 0 Å². The third kappa shape index (κ3) is 3.43. The zero-order valence-corrected chi connectivity index (χ0v) is 12.2. The van der Waals surface area contributed by atoms with Crippen LogP contribution in [0.15, 0.2) is 30.3 Å². The highest BCUT2D eigenvalue weighted by Crippen LogP contribution is 2.36. The number of carbonyl (C=O) groups excluding carboxylic acids is 2. The number of nitrogens with zero attached hydrogens (tertiary/aromatic N) is 1. The summed E-state index contributed by atoms with van der Waals surface area (Å²) in [5.74, 6) is 1.57. The van der Waals surface area contributed by atoms with E-state index < -0.39 is 0 Å². The number of ether oxygens (including phenoxy) is 1. The van der Waals surface area contributed by atoms with Crippen molar-refractivity contribution in [1.29, 1.82) is 0 Å². The molecule has 3 rings (SSSR count). The average molecular weight is 287 g/mol. The molecule has 4 nitrogen and oxygen atoms in total. The second kappa shape index (κ2) is 6.29. The normalized spacial score (nSPS) is 20.2. The van der Waals surface area contributed by atoms with Gasteiger partial charge in [-0.1, -0.05) is 30.3 Å². The van der Waals surface area contributed by atoms with Crippen LogP contribution in [0.1, 0.15) is 31.2 Å². The Labute approximate surface area is 125 Å². The van der Waals surface area contributed by atoms with E-state index in [1.165, 1.54) is 0 Å². The number of carbonyl (C=O) groups is 2. The molecule has 0 N–H and O–H groups in total. The molecule has 0 spiro atoms. The van der Waals surface area contributed by atoms with Gasteiger partial charge in [0.2, 0.25) is 0 Å². The number of hydrogen-bond acceptors (Lipinski definition) is 3. The van der Waals surface area contributed by atoms with E-state index in [2.05, 4.69) is 0 Å². The van der Waals surface area contributed by atoms with Gasteiger partial charge in [-0.05, 0) is 30.2 Å². The van der Waals surface area contributed by atoms with Gasteiger partial charge in [0, 0.05) is 25.9 Å². The van der Waals surface area contributed by atoms with Crippen molar-refractivity contribution >= 4 is 11.9 Å². The first-order valence-corrected chi connectivity index (χ1v) is 7.69. The minimum Gasteiger partial charge on any atom is -0.445 e. The summed E-state index contributed by atoms with van der Waals surface area (Å²) in [6, 6.07) is 9.73. The standard InChI is InChI=1S/C17H21NO3/c19-16-10-15(11-16)14-6-8-18(9-7-14)17(20)21-12-13-4-2-1-3-5-13/h1-5,14-15H,6-12H2. The Hall–Kier alpha value is -1.84. The van der Waals surface area contributed by atoms with E-state index in [4.69, 9.17) is 4.74 Å². The maximum atomic E-state index is 12.0. The summed E-state index contributed by atoms with van der Waals surface area (Å²) in [6.45, 7) is 1.84. The van der Waals surface area contributed by atoms with Gasteiger partial charge in [0.05, 0.1) is 0 Å². The number of amides is 1. The largest absolute Gasteiger partial charge is 0.445 e. The Morgan fingerprint density at radius 3 is 2.38 bits per heavy atom. The SMILES string of the molecule is O=C1CC(C2CCN(C(=O)OCc3ccccc3)CC2)C1. The quantitative estimate of drug-likeness (QED) is 0.858. The van der Waals surface area contributed by atoms with Gasteiger partial charge in [0.1, 0.15) is 12.4 Å². The zero-order chi connectivity index (χ0) is 14.7.